The smallest absolute Gasteiger partial charge is 0.137 e. The molecule has 6 heteroatoms. The minimum absolute atomic E-state index is 0.432. The third-order valence-corrected chi connectivity index (χ3v) is 3.41. The Morgan fingerprint density at radius 2 is 2.25 bits per heavy atom. The Hall–Kier alpha value is -0.520. The molecule has 0 aliphatic heterocycles. The van der Waals surface area contributed by atoms with E-state index in [1.807, 2.05) is 13.2 Å². The number of aromatic nitrogens is 2. The SMILES string of the molecule is CSCC(C)(O)CNc1ncnc(Cl)c1C. The second kappa shape index (κ2) is 5.70. The van der Waals surface area contributed by atoms with Crippen molar-refractivity contribution in [3.8, 4) is 0 Å². The van der Waals surface area contributed by atoms with Gasteiger partial charge in [-0.25, -0.2) is 9.97 Å². The summed E-state index contributed by atoms with van der Waals surface area (Å²) in [5.74, 6) is 1.33. The normalized spacial score (nSPS) is 14.6. The molecule has 1 heterocycles. The van der Waals surface area contributed by atoms with Crippen LogP contribution in [0.4, 0.5) is 5.82 Å². The summed E-state index contributed by atoms with van der Waals surface area (Å²) in [7, 11) is 0. The largest absolute Gasteiger partial charge is 0.387 e. The van der Waals surface area contributed by atoms with Crippen LogP contribution in [0, 0.1) is 6.92 Å². The molecule has 1 aromatic rings. The lowest BCUT2D eigenvalue weighted by atomic mass is 10.1. The molecule has 1 rings (SSSR count). The molecule has 0 aliphatic rings. The van der Waals surface area contributed by atoms with Gasteiger partial charge in [0.15, 0.2) is 0 Å². The zero-order valence-corrected chi connectivity index (χ0v) is 11.2. The zero-order chi connectivity index (χ0) is 12.2. The lowest BCUT2D eigenvalue weighted by molar-refractivity contribution is 0.0996. The van der Waals surface area contributed by atoms with E-state index in [0.29, 0.717) is 23.3 Å². The van der Waals surface area contributed by atoms with E-state index in [-0.39, 0.29) is 0 Å². The molecule has 1 unspecified atom stereocenters. The molecule has 0 saturated heterocycles. The fraction of sp³-hybridized carbons (Fsp3) is 0.600. The van der Waals surface area contributed by atoms with Crippen molar-refractivity contribution < 1.29 is 5.11 Å². The number of rotatable bonds is 5. The second-order valence-electron chi connectivity index (χ2n) is 3.92. The van der Waals surface area contributed by atoms with Crippen molar-refractivity contribution in [2.75, 3.05) is 23.9 Å². The van der Waals surface area contributed by atoms with Crippen molar-refractivity contribution in [3.05, 3.63) is 17.0 Å². The van der Waals surface area contributed by atoms with E-state index in [4.69, 9.17) is 11.6 Å². The summed E-state index contributed by atoms with van der Waals surface area (Å²) in [5, 5.41) is 13.5. The van der Waals surface area contributed by atoms with Crippen LogP contribution < -0.4 is 5.32 Å². The predicted molar refractivity (Wildman–Crippen MR) is 69.3 cm³/mol. The summed E-state index contributed by atoms with van der Waals surface area (Å²) >= 11 is 7.47. The van der Waals surface area contributed by atoms with Crippen molar-refractivity contribution in [3.63, 3.8) is 0 Å². The van der Waals surface area contributed by atoms with Crippen LogP contribution >= 0.6 is 23.4 Å². The van der Waals surface area contributed by atoms with E-state index < -0.39 is 5.60 Å². The van der Waals surface area contributed by atoms with E-state index in [1.54, 1.807) is 18.7 Å². The fourth-order valence-corrected chi connectivity index (χ4v) is 2.10. The minimum atomic E-state index is -0.761. The molecule has 0 amide bonds. The molecule has 0 aliphatic carbocycles. The van der Waals surface area contributed by atoms with Gasteiger partial charge in [0.25, 0.3) is 0 Å². The van der Waals surface area contributed by atoms with Gasteiger partial charge >= 0.3 is 0 Å². The quantitative estimate of drug-likeness (QED) is 0.794. The summed E-state index contributed by atoms with van der Waals surface area (Å²) in [6, 6.07) is 0. The Kier molecular flexibility index (Phi) is 4.83. The maximum absolute atomic E-state index is 9.98. The first-order valence-electron chi connectivity index (χ1n) is 4.88. The number of aliphatic hydroxyl groups is 1. The first-order chi connectivity index (χ1) is 7.46. The lowest BCUT2D eigenvalue weighted by Crippen LogP contribution is -2.36. The fourth-order valence-electron chi connectivity index (χ4n) is 1.24. The number of nitrogens with zero attached hydrogens (tertiary/aromatic N) is 2. The first kappa shape index (κ1) is 13.5. The molecule has 0 aromatic carbocycles. The van der Waals surface area contributed by atoms with Crippen LogP contribution in [0.5, 0.6) is 0 Å². The highest BCUT2D eigenvalue weighted by molar-refractivity contribution is 7.98. The van der Waals surface area contributed by atoms with Crippen molar-refractivity contribution in [2.45, 2.75) is 19.4 Å². The Labute approximate surface area is 105 Å². The summed E-state index contributed by atoms with van der Waals surface area (Å²) in [5.41, 5.74) is 0.0348. The van der Waals surface area contributed by atoms with Crippen LogP contribution in [0.25, 0.3) is 0 Å². The monoisotopic (exact) mass is 261 g/mol. The lowest BCUT2D eigenvalue weighted by Gasteiger charge is -2.23. The van der Waals surface area contributed by atoms with Crippen LogP contribution in [0.1, 0.15) is 12.5 Å². The van der Waals surface area contributed by atoms with Crippen LogP contribution in [0.3, 0.4) is 0 Å². The molecule has 16 heavy (non-hydrogen) atoms. The third-order valence-electron chi connectivity index (χ3n) is 2.11. The molecule has 4 nitrogen and oxygen atoms in total. The van der Waals surface area contributed by atoms with Crippen molar-refractivity contribution in [1.82, 2.24) is 9.97 Å². The first-order valence-corrected chi connectivity index (χ1v) is 6.66. The zero-order valence-electron chi connectivity index (χ0n) is 9.62. The second-order valence-corrected chi connectivity index (χ2v) is 5.15. The van der Waals surface area contributed by atoms with Crippen molar-refractivity contribution in [2.24, 2.45) is 0 Å². The Morgan fingerprint density at radius 1 is 1.56 bits per heavy atom. The molecule has 0 spiro atoms. The van der Waals surface area contributed by atoms with E-state index in [0.717, 1.165) is 5.56 Å². The summed E-state index contributed by atoms with van der Waals surface area (Å²) in [6.07, 6.45) is 3.36. The maximum Gasteiger partial charge on any atom is 0.137 e. The number of halogens is 1. The molecule has 0 radical (unpaired) electrons. The van der Waals surface area contributed by atoms with Gasteiger partial charge in [0.2, 0.25) is 0 Å². The molecular formula is C10H16ClN3OS. The van der Waals surface area contributed by atoms with Gasteiger partial charge in [-0.3, -0.25) is 0 Å². The number of hydrogen-bond donors (Lipinski definition) is 2. The minimum Gasteiger partial charge on any atom is -0.387 e. The van der Waals surface area contributed by atoms with Gasteiger partial charge in [-0.15, -0.1) is 0 Å². The molecule has 2 N–H and O–H groups in total. The van der Waals surface area contributed by atoms with Crippen LogP contribution in [0.15, 0.2) is 6.33 Å². The summed E-state index contributed by atoms with van der Waals surface area (Å²) in [6.45, 7) is 4.06. The van der Waals surface area contributed by atoms with Crippen molar-refractivity contribution in [1.29, 1.82) is 0 Å². The van der Waals surface area contributed by atoms with Gasteiger partial charge in [-0.1, -0.05) is 11.6 Å². The maximum atomic E-state index is 9.98. The molecule has 90 valence electrons. The number of nitrogens with one attached hydrogen (secondary N) is 1. The van der Waals surface area contributed by atoms with Crippen LogP contribution in [0.2, 0.25) is 5.15 Å². The van der Waals surface area contributed by atoms with Crippen molar-refractivity contribution >= 4 is 29.2 Å². The van der Waals surface area contributed by atoms with E-state index in [1.165, 1.54) is 6.33 Å². The standard InChI is InChI=1S/C10H16ClN3OS/c1-7-8(11)13-6-14-9(7)12-4-10(2,15)5-16-3/h6,15H,4-5H2,1-3H3,(H,12,13,14). The molecular weight excluding hydrogens is 246 g/mol. The number of hydrogen-bond acceptors (Lipinski definition) is 5. The number of anilines is 1. The molecule has 0 bridgehead atoms. The third kappa shape index (κ3) is 3.81. The van der Waals surface area contributed by atoms with Crippen LogP contribution in [-0.2, 0) is 0 Å². The highest BCUT2D eigenvalue weighted by Crippen LogP contribution is 2.19. The van der Waals surface area contributed by atoms with Gasteiger partial charge in [0.1, 0.15) is 17.3 Å². The summed E-state index contributed by atoms with van der Waals surface area (Å²) < 4.78 is 0. The Bertz CT molecular complexity index is 360. The van der Waals surface area contributed by atoms with Gasteiger partial charge in [0, 0.05) is 17.9 Å². The van der Waals surface area contributed by atoms with Crippen LogP contribution in [-0.4, -0.2) is 39.2 Å². The van der Waals surface area contributed by atoms with E-state index in [9.17, 15) is 5.11 Å². The number of thioether (sulfide) groups is 1. The average Bonchev–Trinajstić information content (AvgIpc) is 2.20. The Morgan fingerprint density at radius 3 is 2.88 bits per heavy atom. The topological polar surface area (TPSA) is 58.0 Å². The Balaban J connectivity index is 2.64. The van der Waals surface area contributed by atoms with Gasteiger partial charge in [-0.05, 0) is 20.1 Å². The highest BCUT2D eigenvalue weighted by Gasteiger charge is 2.19. The average molecular weight is 262 g/mol. The highest BCUT2D eigenvalue weighted by atomic mass is 35.5. The van der Waals surface area contributed by atoms with E-state index in [2.05, 4.69) is 15.3 Å². The summed E-state index contributed by atoms with van der Waals surface area (Å²) in [4.78, 5) is 7.95. The van der Waals surface area contributed by atoms with Gasteiger partial charge < -0.3 is 10.4 Å². The molecule has 1 aromatic heterocycles. The molecule has 1 atom stereocenters. The molecule has 0 fully saturated rings. The molecule has 0 saturated carbocycles. The van der Waals surface area contributed by atoms with E-state index >= 15 is 0 Å². The van der Waals surface area contributed by atoms with Gasteiger partial charge in [0.05, 0.1) is 5.60 Å². The van der Waals surface area contributed by atoms with Gasteiger partial charge in [-0.2, -0.15) is 11.8 Å². The predicted octanol–water partition coefficient (Wildman–Crippen LogP) is 1.96.